The Hall–Kier alpha value is 0.438. The molecule has 0 fully saturated rings. The minimum absolute atomic E-state index is 0.801. The summed E-state index contributed by atoms with van der Waals surface area (Å²) in [7, 11) is 0. The molecule has 0 saturated heterocycles. The molecular weight excluding hydrogens is 303 g/mol. The Kier molecular flexibility index (Phi) is 16.9. The van der Waals surface area contributed by atoms with Crippen LogP contribution in [0.2, 0.25) is 0 Å². The predicted molar refractivity (Wildman–Crippen MR) is 82.2 cm³/mol. The molecule has 0 aliphatic carbocycles. The molecule has 4 heteroatoms. The summed E-state index contributed by atoms with van der Waals surface area (Å²) >= 11 is -1.93. The van der Waals surface area contributed by atoms with Crippen LogP contribution in [0.1, 0.15) is 78.6 Å². The van der Waals surface area contributed by atoms with Gasteiger partial charge in [0.1, 0.15) is 0 Å². The van der Waals surface area contributed by atoms with E-state index >= 15 is 0 Å². The molecule has 0 unspecified atom stereocenters. The van der Waals surface area contributed by atoms with Gasteiger partial charge in [-0.05, 0) is 0 Å². The summed E-state index contributed by atoms with van der Waals surface area (Å²) in [4.78, 5) is 0. The van der Waals surface area contributed by atoms with Crippen LogP contribution in [0.3, 0.4) is 0 Å². The van der Waals surface area contributed by atoms with Gasteiger partial charge in [0.25, 0.3) is 0 Å². The van der Waals surface area contributed by atoms with Crippen LogP contribution in [0.15, 0.2) is 0 Å². The van der Waals surface area contributed by atoms with E-state index in [1.807, 2.05) is 0 Å². The second-order valence-corrected chi connectivity index (χ2v) is 7.41. The number of unbranched alkanes of at least 4 members (excludes halogenated alkanes) is 6. The normalized spacial score (nSPS) is 11.4. The van der Waals surface area contributed by atoms with E-state index in [9.17, 15) is 0 Å². The van der Waals surface area contributed by atoms with Gasteiger partial charge in [0, 0.05) is 0 Å². The van der Waals surface area contributed by atoms with Crippen LogP contribution in [0.25, 0.3) is 0 Å². The average molecular weight is 336 g/mol. The average Bonchev–Trinajstić information content (AvgIpc) is 2.43. The first-order valence-electron chi connectivity index (χ1n) is 8.04. The van der Waals surface area contributed by atoms with Gasteiger partial charge >= 0.3 is 125 Å². The summed E-state index contributed by atoms with van der Waals surface area (Å²) in [6.45, 7) is 9.02. The molecule has 0 aliphatic rings. The summed E-state index contributed by atoms with van der Waals surface area (Å²) in [5, 5.41) is 0. The molecule has 0 atom stereocenters. The van der Waals surface area contributed by atoms with Gasteiger partial charge in [0.2, 0.25) is 0 Å². The molecule has 0 aromatic heterocycles. The molecule has 0 amide bonds. The SMILES string of the molecule is CCCCCO[As](OCCCCC)OCCCCC. The monoisotopic (exact) mass is 336 g/mol. The van der Waals surface area contributed by atoms with Crippen LogP contribution in [0.5, 0.6) is 0 Å². The molecule has 0 rings (SSSR count). The van der Waals surface area contributed by atoms with Crippen molar-refractivity contribution < 1.29 is 11.2 Å². The topological polar surface area (TPSA) is 27.7 Å². The Balaban J connectivity index is 3.66. The molecule has 0 aromatic carbocycles. The molecule has 0 bridgehead atoms. The van der Waals surface area contributed by atoms with Crippen molar-refractivity contribution in [2.45, 2.75) is 78.6 Å². The molecule has 0 aromatic rings. The summed E-state index contributed by atoms with van der Waals surface area (Å²) in [5.74, 6) is 0. The van der Waals surface area contributed by atoms with Gasteiger partial charge in [-0.15, -0.1) is 0 Å². The zero-order valence-corrected chi connectivity index (χ0v) is 15.0. The Morgan fingerprint density at radius 3 is 1.11 bits per heavy atom. The molecular formula is C15H33AsO3. The third kappa shape index (κ3) is 14.7. The molecule has 0 aliphatic heterocycles. The van der Waals surface area contributed by atoms with E-state index in [2.05, 4.69) is 20.8 Å². The van der Waals surface area contributed by atoms with E-state index in [1.165, 1.54) is 38.5 Å². The first-order valence-corrected chi connectivity index (χ1v) is 10.3. The van der Waals surface area contributed by atoms with Crippen LogP contribution in [-0.4, -0.2) is 35.5 Å². The number of rotatable bonds is 15. The van der Waals surface area contributed by atoms with Crippen molar-refractivity contribution in [1.29, 1.82) is 0 Å². The van der Waals surface area contributed by atoms with Crippen LogP contribution in [-0.2, 0) is 11.2 Å². The first kappa shape index (κ1) is 19.4. The van der Waals surface area contributed by atoms with E-state index < -0.39 is 15.7 Å². The van der Waals surface area contributed by atoms with E-state index in [4.69, 9.17) is 11.2 Å². The maximum absolute atomic E-state index is 5.81. The van der Waals surface area contributed by atoms with Crippen molar-refractivity contribution in [2.75, 3.05) is 19.8 Å². The quantitative estimate of drug-likeness (QED) is 0.323. The van der Waals surface area contributed by atoms with Crippen molar-refractivity contribution in [3.05, 3.63) is 0 Å². The third-order valence-electron chi connectivity index (χ3n) is 2.83. The Labute approximate surface area is 125 Å². The van der Waals surface area contributed by atoms with E-state index in [0.29, 0.717) is 0 Å². The van der Waals surface area contributed by atoms with Crippen molar-refractivity contribution in [3.63, 3.8) is 0 Å². The van der Waals surface area contributed by atoms with E-state index in [1.54, 1.807) is 0 Å². The second-order valence-electron chi connectivity index (χ2n) is 4.84. The maximum atomic E-state index is 5.81. The molecule has 0 saturated carbocycles. The Morgan fingerprint density at radius 2 is 0.842 bits per heavy atom. The van der Waals surface area contributed by atoms with Crippen LogP contribution in [0, 0.1) is 0 Å². The Morgan fingerprint density at radius 1 is 0.526 bits per heavy atom. The molecule has 3 nitrogen and oxygen atoms in total. The van der Waals surface area contributed by atoms with Gasteiger partial charge < -0.3 is 0 Å². The molecule has 0 N–H and O–H groups in total. The van der Waals surface area contributed by atoms with Gasteiger partial charge in [-0.25, -0.2) is 0 Å². The molecule has 0 heterocycles. The third-order valence-corrected chi connectivity index (χ3v) is 5.31. The standard InChI is InChI=1S/C15H33AsO3/c1-4-7-10-13-17-16(18-14-11-8-5-2)19-15-12-9-6-3/h4-15H2,1-3H3. The van der Waals surface area contributed by atoms with Gasteiger partial charge in [0.05, 0.1) is 0 Å². The number of hydrogen-bond acceptors (Lipinski definition) is 3. The summed E-state index contributed by atoms with van der Waals surface area (Å²) in [6, 6.07) is 0. The van der Waals surface area contributed by atoms with Crippen molar-refractivity contribution >= 4 is 15.7 Å². The molecule has 0 radical (unpaired) electrons. The van der Waals surface area contributed by atoms with Gasteiger partial charge in [0.15, 0.2) is 0 Å². The first-order chi connectivity index (χ1) is 9.35. The van der Waals surface area contributed by atoms with Gasteiger partial charge in [-0.1, -0.05) is 0 Å². The fourth-order valence-corrected chi connectivity index (χ4v) is 3.81. The van der Waals surface area contributed by atoms with Crippen molar-refractivity contribution in [3.8, 4) is 0 Å². The molecule has 116 valence electrons. The Bertz CT molecular complexity index is 139. The van der Waals surface area contributed by atoms with Crippen molar-refractivity contribution in [2.24, 2.45) is 0 Å². The molecule has 0 spiro atoms. The van der Waals surface area contributed by atoms with Crippen LogP contribution in [0.4, 0.5) is 0 Å². The summed E-state index contributed by atoms with van der Waals surface area (Å²) in [6.07, 6.45) is 10.7. The van der Waals surface area contributed by atoms with Crippen LogP contribution < -0.4 is 0 Å². The summed E-state index contributed by atoms with van der Waals surface area (Å²) < 4.78 is 17.4. The second kappa shape index (κ2) is 16.5. The van der Waals surface area contributed by atoms with Crippen molar-refractivity contribution in [1.82, 2.24) is 0 Å². The zero-order chi connectivity index (χ0) is 14.2. The summed E-state index contributed by atoms with van der Waals surface area (Å²) in [5.41, 5.74) is 0. The zero-order valence-electron chi connectivity index (χ0n) is 13.2. The predicted octanol–water partition coefficient (Wildman–Crippen LogP) is 4.59. The van der Waals surface area contributed by atoms with Gasteiger partial charge in [-0.2, -0.15) is 0 Å². The van der Waals surface area contributed by atoms with Crippen LogP contribution >= 0.6 is 0 Å². The van der Waals surface area contributed by atoms with Gasteiger partial charge in [-0.3, -0.25) is 0 Å². The van der Waals surface area contributed by atoms with E-state index in [0.717, 1.165) is 39.1 Å². The molecule has 19 heavy (non-hydrogen) atoms. The van der Waals surface area contributed by atoms with E-state index in [-0.39, 0.29) is 0 Å². The fourth-order valence-electron chi connectivity index (χ4n) is 1.59. The fraction of sp³-hybridized carbons (Fsp3) is 1.00. The minimum atomic E-state index is -1.93. The number of hydrogen-bond donors (Lipinski definition) is 0.